The van der Waals surface area contributed by atoms with E-state index < -0.39 is 0 Å². The highest BCUT2D eigenvalue weighted by Gasteiger charge is 2.19. The number of ether oxygens (including phenoxy) is 1. The van der Waals surface area contributed by atoms with Gasteiger partial charge in [0.05, 0.1) is 13.0 Å². The van der Waals surface area contributed by atoms with E-state index in [1.165, 1.54) is 0 Å². The molecule has 1 unspecified atom stereocenters. The predicted molar refractivity (Wildman–Crippen MR) is 42.1 cm³/mol. The third kappa shape index (κ3) is 2.21. The molecule has 0 aromatic rings. The molecule has 0 bridgehead atoms. The average molecular weight is 160 g/mol. The van der Waals surface area contributed by atoms with Crippen LogP contribution in [0.15, 0.2) is 0 Å². The molecule has 0 N–H and O–H groups in total. The lowest BCUT2D eigenvalue weighted by atomic mass is 10.2. The average Bonchev–Trinajstić information content (AvgIpc) is 1.88. The summed E-state index contributed by atoms with van der Waals surface area (Å²) in [5.74, 6) is 1.06. The summed E-state index contributed by atoms with van der Waals surface area (Å²) >= 11 is 1.86. The zero-order valence-corrected chi connectivity index (χ0v) is 6.95. The quantitative estimate of drug-likeness (QED) is 0.572. The molecule has 0 aromatic carbocycles. The Labute approximate surface area is 65.3 Å². The van der Waals surface area contributed by atoms with Gasteiger partial charge >= 0.3 is 5.97 Å². The minimum absolute atomic E-state index is 0.0304. The number of esters is 1. The van der Waals surface area contributed by atoms with Gasteiger partial charge in [-0.2, -0.15) is 11.8 Å². The standard InChI is InChI=1S/C7H12O2S/c1-2-10-6-3-4-9-7(8)5-6/h6H,2-5H2,1H3. The van der Waals surface area contributed by atoms with Crippen LogP contribution >= 0.6 is 11.8 Å². The summed E-state index contributed by atoms with van der Waals surface area (Å²) in [5.41, 5.74) is 0. The third-order valence-corrected chi connectivity index (χ3v) is 2.71. The number of cyclic esters (lactones) is 1. The van der Waals surface area contributed by atoms with E-state index in [2.05, 4.69) is 6.92 Å². The van der Waals surface area contributed by atoms with Crippen LogP contribution in [-0.2, 0) is 9.53 Å². The highest BCUT2D eigenvalue weighted by Crippen LogP contribution is 2.21. The van der Waals surface area contributed by atoms with Crippen molar-refractivity contribution in [1.29, 1.82) is 0 Å². The SMILES string of the molecule is CCSC1CCOC(=O)C1. The van der Waals surface area contributed by atoms with E-state index in [0.717, 1.165) is 12.2 Å². The zero-order valence-electron chi connectivity index (χ0n) is 6.13. The largest absolute Gasteiger partial charge is 0.466 e. The van der Waals surface area contributed by atoms with Crippen LogP contribution in [0.4, 0.5) is 0 Å². The Morgan fingerprint density at radius 1 is 1.80 bits per heavy atom. The molecule has 0 saturated carbocycles. The highest BCUT2D eigenvalue weighted by atomic mass is 32.2. The van der Waals surface area contributed by atoms with Crippen molar-refractivity contribution in [3.05, 3.63) is 0 Å². The Bertz CT molecular complexity index is 123. The van der Waals surface area contributed by atoms with Gasteiger partial charge in [0.15, 0.2) is 0 Å². The first-order chi connectivity index (χ1) is 4.83. The van der Waals surface area contributed by atoms with Gasteiger partial charge < -0.3 is 4.74 Å². The van der Waals surface area contributed by atoms with Crippen molar-refractivity contribution in [3.63, 3.8) is 0 Å². The molecule has 0 aliphatic carbocycles. The molecule has 1 fully saturated rings. The van der Waals surface area contributed by atoms with Crippen molar-refractivity contribution in [1.82, 2.24) is 0 Å². The second-order valence-electron chi connectivity index (χ2n) is 2.29. The fourth-order valence-corrected chi connectivity index (χ4v) is 2.02. The minimum Gasteiger partial charge on any atom is -0.466 e. The summed E-state index contributed by atoms with van der Waals surface area (Å²) in [6.45, 7) is 2.74. The fraction of sp³-hybridized carbons (Fsp3) is 0.857. The van der Waals surface area contributed by atoms with Crippen LogP contribution in [0, 0.1) is 0 Å². The van der Waals surface area contributed by atoms with E-state index in [4.69, 9.17) is 4.74 Å². The molecule has 0 amide bonds. The molecule has 1 saturated heterocycles. The Morgan fingerprint density at radius 3 is 3.20 bits per heavy atom. The lowest BCUT2D eigenvalue weighted by Gasteiger charge is -2.19. The summed E-state index contributed by atoms with van der Waals surface area (Å²) in [5, 5.41) is 0.520. The van der Waals surface area contributed by atoms with Crippen LogP contribution in [-0.4, -0.2) is 23.6 Å². The molecule has 1 aliphatic rings. The van der Waals surface area contributed by atoms with Gasteiger partial charge in [0.1, 0.15) is 0 Å². The predicted octanol–water partition coefficient (Wildman–Crippen LogP) is 1.45. The van der Waals surface area contributed by atoms with Gasteiger partial charge in [-0.1, -0.05) is 6.92 Å². The van der Waals surface area contributed by atoms with Gasteiger partial charge in [-0.3, -0.25) is 4.79 Å². The van der Waals surface area contributed by atoms with Crippen LogP contribution in [0.1, 0.15) is 19.8 Å². The van der Waals surface area contributed by atoms with Crippen molar-refractivity contribution in [2.75, 3.05) is 12.4 Å². The molecule has 3 heteroatoms. The third-order valence-electron chi connectivity index (χ3n) is 1.50. The van der Waals surface area contributed by atoms with Crippen LogP contribution in [0.2, 0.25) is 0 Å². The van der Waals surface area contributed by atoms with Crippen LogP contribution in [0.25, 0.3) is 0 Å². The Hall–Kier alpha value is -0.180. The van der Waals surface area contributed by atoms with E-state index in [1.807, 2.05) is 11.8 Å². The van der Waals surface area contributed by atoms with E-state index in [1.54, 1.807) is 0 Å². The van der Waals surface area contributed by atoms with Crippen LogP contribution in [0.5, 0.6) is 0 Å². The Kier molecular flexibility index (Phi) is 3.06. The monoisotopic (exact) mass is 160 g/mol. The first kappa shape index (κ1) is 7.92. The summed E-state index contributed by atoms with van der Waals surface area (Å²) in [7, 11) is 0. The van der Waals surface area contributed by atoms with Gasteiger partial charge in [-0.15, -0.1) is 0 Å². The van der Waals surface area contributed by atoms with Gasteiger partial charge in [0.25, 0.3) is 0 Å². The maximum Gasteiger partial charge on any atom is 0.306 e. The highest BCUT2D eigenvalue weighted by molar-refractivity contribution is 7.99. The molecule has 0 radical (unpaired) electrons. The molecule has 0 aromatic heterocycles. The summed E-state index contributed by atoms with van der Waals surface area (Å²) in [4.78, 5) is 10.7. The van der Waals surface area contributed by atoms with Crippen molar-refractivity contribution in [2.24, 2.45) is 0 Å². The van der Waals surface area contributed by atoms with Crippen LogP contribution < -0.4 is 0 Å². The zero-order chi connectivity index (χ0) is 7.40. The van der Waals surface area contributed by atoms with Crippen molar-refractivity contribution in [2.45, 2.75) is 25.0 Å². The number of carbonyl (C=O) groups excluding carboxylic acids is 1. The first-order valence-corrected chi connectivity index (χ1v) is 4.65. The minimum atomic E-state index is -0.0304. The topological polar surface area (TPSA) is 26.3 Å². The fourth-order valence-electron chi connectivity index (χ4n) is 1.03. The van der Waals surface area contributed by atoms with Gasteiger partial charge in [-0.05, 0) is 12.2 Å². The second kappa shape index (κ2) is 3.86. The maximum atomic E-state index is 10.7. The van der Waals surface area contributed by atoms with Crippen molar-refractivity contribution < 1.29 is 9.53 Å². The summed E-state index contributed by atoms with van der Waals surface area (Å²) in [6, 6.07) is 0. The number of carbonyl (C=O) groups is 1. The first-order valence-electron chi connectivity index (χ1n) is 3.60. The lowest BCUT2D eigenvalue weighted by Crippen LogP contribution is -2.22. The molecule has 58 valence electrons. The van der Waals surface area contributed by atoms with Gasteiger partial charge in [0.2, 0.25) is 0 Å². The molecule has 0 spiro atoms. The smallest absolute Gasteiger partial charge is 0.306 e. The van der Waals surface area contributed by atoms with E-state index in [-0.39, 0.29) is 5.97 Å². The molecule has 1 atom stereocenters. The molecule has 10 heavy (non-hydrogen) atoms. The normalized spacial score (nSPS) is 26.1. The molecular formula is C7H12O2S. The number of hydrogen-bond acceptors (Lipinski definition) is 3. The molecular weight excluding hydrogens is 148 g/mol. The van der Waals surface area contributed by atoms with Crippen LogP contribution in [0.3, 0.4) is 0 Å². The van der Waals surface area contributed by atoms with Crippen molar-refractivity contribution in [3.8, 4) is 0 Å². The molecule has 1 rings (SSSR count). The van der Waals surface area contributed by atoms with E-state index in [9.17, 15) is 4.79 Å². The van der Waals surface area contributed by atoms with Gasteiger partial charge in [0, 0.05) is 5.25 Å². The van der Waals surface area contributed by atoms with E-state index in [0.29, 0.717) is 18.3 Å². The molecule has 1 heterocycles. The molecule has 2 nitrogen and oxygen atoms in total. The number of rotatable bonds is 2. The Balaban J connectivity index is 2.25. The number of thioether (sulfide) groups is 1. The molecule has 1 aliphatic heterocycles. The summed E-state index contributed by atoms with van der Waals surface area (Å²) in [6.07, 6.45) is 1.64. The van der Waals surface area contributed by atoms with E-state index >= 15 is 0 Å². The summed E-state index contributed by atoms with van der Waals surface area (Å²) < 4.78 is 4.80. The maximum absolute atomic E-state index is 10.7. The number of hydrogen-bond donors (Lipinski definition) is 0. The Morgan fingerprint density at radius 2 is 2.60 bits per heavy atom. The second-order valence-corrected chi connectivity index (χ2v) is 3.87. The van der Waals surface area contributed by atoms with Crippen molar-refractivity contribution >= 4 is 17.7 Å². The van der Waals surface area contributed by atoms with Gasteiger partial charge in [-0.25, -0.2) is 0 Å². The lowest BCUT2D eigenvalue weighted by molar-refractivity contribution is -0.146.